The number of imidazole rings is 1. The predicted octanol–water partition coefficient (Wildman–Crippen LogP) is 2.92. The SMILES string of the molecule is CCc1ccc(OCCn2c(CNC=O)nc3ccccc32)cc1. The van der Waals surface area contributed by atoms with Crippen molar-refractivity contribution in [2.75, 3.05) is 6.61 Å². The van der Waals surface area contributed by atoms with Crippen molar-refractivity contribution >= 4 is 17.4 Å². The van der Waals surface area contributed by atoms with Crippen LogP contribution in [0.15, 0.2) is 48.5 Å². The Labute approximate surface area is 141 Å². The molecule has 0 unspecified atom stereocenters. The number of rotatable bonds is 8. The van der Waals surface area contributed by atoms with Gasteiger partial charge in [0.2, 0.25) is 6.41 Å². The van der Waals surface area contributed by atoms with Crippen molar-refractivity contribution in [2.24, 2.45) is 0 Å². The maximum atomic E-state index is 10.6. The molecule has 0 bridgehead atoms. The summed E-state index contributed by atoms with van der Waals surface area (Å²) in [7, 11) is 0. The molecule has 0 fully saturated rings. The number of amides is 1. The van der Waals surface area contributed by atoms with Gasteiger partial charge in [-0.15, -0.1) is 0 Å². The minimum absolute atomic E-state index is 0.406. The summed E-state index contributed by atoms with van der Waals surface area (Å²) >= 11 is 0. The van der Waals surface area contributed by atoms with E-state index in [9.17, 15) is 4.79 Å². The molecule has 0 radical (unpaired) electrons. The molecule has 0 aliphatic rings. The summed E-state index contributed by atoms with van der Waals surface area (Å²) in [5.41, 5.74) is 3.27. The number of benzene rings is 2. The van der Waals surface area contributed by atoms with Gasteiger partial charge in [0.1, 0.15) is 18.2 Å². The van der Waals surface area contributed by atoms with Gasteiger partial charge in [0.05, 0.1) is 24.1 Å². The van der Waals surface area contributed by atoms with E-state index >= 15 is 0 Å². The lowest BCUT2D eigenvalue weighted by molar-refractivity contribution is -0.109. The van der Waals surface area contributed by atoms with Crippen LogP contribution in [0, 0.1) is 0 Å². The lowest BCUT2D eigenvalue weighted by atomic mass is 10.2. The second kappa shape index (κ2) is 7.64. The molecule has 0 atom stereocenters. The molecule has 3 rings (SSSR count). The van der Waals surface area contributed by atoms with E-state index in [2.05, 4.69) is 33.9 Å². The molecule has 124 valence electrons. The van der Waals surface area contributed by atoms with Gasteiger partial charge in [-0.2, -0.15) is 0 Å². The van der Waals surface area contributed by atoms with E-state index in [0.717, 1.165) is 29.0 Å². The molecule has 0 aliphatic heterocycles. The number of hydrogen-bond donors (Lipinski definition) is 1. The average Bonchev–Trinajstić information content (AvgIpc) is 2.98. The Bertz CT molecular complexity index is 809. The first-order chi connectivity index (χ1) is 11.8. The molecular weight excluding hydrogens is 302 g/mol. The van der Waals surface area contributed by atoms with E-state index < -0.39 is 0 Å². The van der Waals surface area contributed by atoms with Crippen molar-refractivity contribution in [1.29, 1.82) is 0 Å². The molecule has 0 aliphatic carbocycles. The summed E-state index contributed by atoms with van der Waals surface area (Å²) < 4.78 is 7.94. The summed E-state index contributed by atoms with van der Waals surface area (Å²) in [5, 5.41) is 2.68. The first-order valence-electron chi connectivity index (χ1n) is 8.14. The molecule has 0 saturated heterocycles. The Morgan fingerprint density at radius 1 is 1.17 bits per heavy atom. The molecule has 1 amide bonds. The summed E-state index contributed by atoms with van der Waals surface area (Å²) in [6.07, 6.45) is 1.71. The van der Waals surface area contributed by atoms with Gasteiger partial charge in [-0.25, -0.2) is 4.98 Å². The third kappa shape index (κ3) is 3.56. The van der Waals surface area contributed by atoms with E-state index in [1.54, 1.807) is 0 Å². The van der Waals surface area contributed by atoms with Gasteiger partial charge in [-0.1, -0.05) is 31.2 Å². The topological polar surface area (TPSA) is 56.1 Å². The van der Waals surface area contributed by atoms with Crippen molar-refractivity contribution < 1.29 is 9.53 Å². The van der Waals surface area contributed by atoms with Gasteiger partial charge in [0, 0.05) is 0 Å². The molecule has 3 aromatic rings. The zero-order valence-electron chi connectivity index (χ0n) is 13.7. The van der Waals surface area contributed by atoms with Crippen LogP contribution in [0.1, 0.15) is 18.3 Å². The number of hydrogen-bond acceptors (Lipinski definition) is 3. The smallest absolute Gasteiger partial charge is 0.207 e. The standard InChI is InChI=1S/C19H21N3O2/c1-2-15-7-9-16(10-8-15)24-12-11-22-18-6-4-3-5-17(18)21-19(22)13-20-14-23/h3-10,14H,2,11-13H2,1H3,(H,20,23). The van der Waals surface area contributed by atoms with Crippen LogP contribution in [0.25, 0.3) is 11.0 Å². The average molecular weight is 323 g/mol. The van der Waals surface area contributed by atoms with Crippen molar-refractivity contribution in [2.45, 2.75) is 26.4 Å². The van der Waals surface area contributed by atoms with E-state index in [4.69, 9.17) is 4.74 Å². The van der Waals surface area contributed by atoms with Crippen molar-refractivity contribution in [3.63, 3.8) is 0 Å². The number of carbonyl (C=O) groups excluding carboxylic acids is 1. The molecule has 1 aromatic heterocycles. The highest BCUT2D eigenvalue weighted by molar-refractivity contribution is 5.75. The lowest BCUT2D eigenvalue weighted by Gasteiger charge is -2.11. The predicted molar refractivity (Wildman–Crippen MR) is 94.0 cm³/mol. The third-order valence-electron chi connectivity index (χ3n) is 3.99. The highest BCUT2D eigenvalue weighted by Gasteiger charge is 2.10. The normalized spacial score (nSPS) is 10.7. The summed E-state index contributed by atoms with van der Waals surface area (Å²) in [6.45, 7) is 3.75. The van der Waals surface area contributed by atoms with E-state index in [1.807, 2.05) is 36.4 Å². The Hall–Kier alpha value is -2.82. The van der Waals surface area contributed by atoms with Gasteiger partial charge in [-0.05, 0) is 36.2 Å². The quantitative estimate of drug-likeness (QED) is 0.649. The molecule has 1 heterocycles. The molecule has 2 aromatic carbocycles. The molecule has 5 nitrogen and oxygen atoms in total. The van der Waals surface area contributed by atoms with E-state index in [0.29, 0.717) is 26.1 Å². The number of nitrogens with zero attached hydrogens (tertiary/aromatic N) is 2. The van der Waals surface area contributed by atoms with Gasteiger partial charge in [-0.3, -0.25) is 4.79 Å². The summed E-state index contributed by atoms with van der Waals surface area (Å²) in [6, 6.07) is 16.1. The zero-order chi connectivity index (χ0) is 16.8. The van der Waals surface area contributed by atoms with Gasteiger partial charge < -0.3 is 14.6 Å². The van der Waals surface area contributed by atoms with Gasteiger partial charge in [0.25, 0.3) is 0 Å². The van der Waals surface area contributed by atoms with Crippen LogP contribution in [0.5, 0.6) is 5.75 Å². The second-order valence-corrected chi connectivity index (χ2v) is 5.51. The number of ether oxygens (including phenoxy) is 1. The fourth-order valence-electron chi connectivity index (χ4n) is 2.72. The molecular formula is C19H21N3O2. The fraction of sp³-hybridized carbons (Fsp3) is 0.263. The number of para-hydroxylation sites is 2. The maximum absolute atomic E-state index is 10.6. The zero-order valence-corrected chi connectivity index (χ0v) is 13.7. The number of aromatic nitrogens is 2. The van der Waals surface area contributed by atoms with Crippen molar-refractivity contribution in [3.05, 3.63) is 59.9 Å². The molecule has 0 spiro atoms. The molecule has 1 N–H and O–H groups in total. The second-order valence-electron chi connectivity index (χ2n) is 5.51. The first kappa shape index (κ1) is 16.1. The van der Waals surface area contributed by atoms with Crippen LogP contribution < -0.4 is 10.1 Å². The monoisotopic (exact) mass is 323 g/mol. The minimum atomic E-state index is 0.406. The van der Waals surface area contributed by atoms with Crippen LogP contribution >= 0.6 is 0 Å². The Balaban J connectivity index is 1.72. The first-order valence-corrected chi connectivity index (χ1v) is 8.14. The van der Waals surface area contributed by atoms with Crippen LogP contribution in [-0.2, 0) is 24.3 Å². The maximum Gasteiger partial charge on any atom is 0.207 e. The third-order valence-corrected chi connectivity index (χ3v) is 3.99. The number of carbonyl (C=O) groups is 1. The van der Waals surface area contributed by atoms with Crippen LogP contribution in [-0.4, -0.2) is 22.6 Å². The Kier molecular flexibility index (Phi) is 5.11. The van der Waals surface area contributed by atoms with Gasteiger partial charge >= 0.3 is 0 Å². The van der Waals surface area contributed by atoms with Crippen molar-refractivity contribution in [1.82, 2.24) is 14.9 Å². The molecule has 0 saturated carbocycles. The van der Waals surface area contributed by atoms with Gasteiger partial charge in [0.15, 0.2) is 0 Å². The van der Waals surface area contributed by atoms with Crippen LogP contribution in [0.4, 0.5) is 0 Å². The summed E-state index contributed by atoms with van der Waals surface area (Å²) in [5.74, 6) is 1.69. The van der Waals surface area contributed by atoms with Crippen LogP contribution in [0.2, 0.25) is 0 Å². The van der Waals surface area contributed by atoms with E-state index in [-0.39, 0.29) is 0 Å². The van der Waals surface area contributed by atoms with Crippen LogP contribution in [0.3, 0.4) is 0 Å². The Morgan fingerprint density at radius 3 is 2.71 bits per heavy atom. The highest BCUT2D eigenvalue weighted by atomic mass is 16.5. The highest BCUT2D eigenvalue weighted by Crippen LogP contribution is 2.17. The summed E-state index contributed by atoms with van der Waals surface area (Å²) in [4.78, 5) is 15.2. The lowest BCUT2D eigenvalue weighted by Crippen LogP contribution is -2.17. The molecule has 24 heavy (non-hydrogen) atoms. The van der Waals surface area contributed by atoms with E-state index in [1.165, 1.54) is 5.56 Å². The number of aryl methyl sites for hydroxylation is 1. The number of fused-ring (bicyclic) bond motifs is 1. The fourth-order valence-corrected chi connectivity index (χ4v) is 2.72. The van der Waals surface area contributed by atoms with Crippen molar-refractivity contribution in [3.8, 4) is 5.75 Å². The Morgan fingerprint density at radius 2 is 1.96 bits per heavy atom. The largest absolute Gasteiger partial charge is 0.492 e. The number of nitrogens with one attached hydrogen (secondary N) is 1. The molecule has 5 heteroatoms. The minimum Gasteiger partial charge on any atom is -0.492 e.